The third-order valence-corrected chi connectivity index (χ3v) is 4.97. The van der Waals surface area contributed by atoms with Crippen molar-refractivity contribution in [2.75, 3.05) is 52.5 Å². The summed E-state index contributed by atoms with van der Waals surface area (Å²) in [5.74, 6) is 0.677. The van der Waals surface area contributed by atoms with Crippen LogP contribution < -0.4 is 5.32 Å². The molecule has 0 radical (unpaired) electrons. The molecule has 3 unspecified atom stereocenters. The van der Waals surface area contributed by atoms with Crippen molar-refractivity contribution < 1.29 is 4.74 Å². The average Bonchev–Trinajstić information content (AvgIpc) is 2.92. The molecule has 2 aliphatic heterocycles. The summed E-state index contributed by atoms with van der Waals surface area (Å²) < 4.78 is 5.69. The summed E-state index contributed by atoms with van der Waals surface area (Å²) in [5, 5.41) is 3.64. The van der Waals surface area contributed by atoms with Gasteiger partial charge in [-0.1, -0.05) is 13.8 Å². The quantitative estimate of drug-likeness (QED) is 0.765. The van der Waals surface area contributed by atoms with E-state index < -0.39 is 0 Å². The lowest BCUT2D eigenvalue weighted by atomic mass is 10.0. The van der Waals surface area contributed by atoms with Gasteiger partial charge in [-0.15, -0.1) is 0 Å². The Morgan fingerprint density at radius 2 is 1.90 bits per heavy atom. The molecule has 1 N–H and O–H groups in total. The Bertz CT molecular complexity index is 266. The number of piperazine rings is 1. The first-order valence-electron chi connectivity index (χ1n) is 8.52. The van der Waals surface area contributed by atoms with Gasteiger partial charge in [0.2, 0.25) is 0 Å². The third-order valence-electron chi connectivity index (χ3n) is 4.97. The maximum atomic E-state index is 5.69. The van der Waals surface area contributed by atoms with Gasteiger partial charge in [0.15, 0.2) is 0 Å². The summed E-state index contributed by atoms with van der Waals surface area (Å²) in [6.45, 7) is 15.9. The van der Waals surface area contributed by atoms with E-state index in [1.165, 1.54) is 45.6 Å². The maximum Gasteiger partial charge on any atom is 0.0623 e. The highest BCUT2D eigenvalue weighted by Crippen LogP contribution is 2.17. The molecule has 0 aromatic heterocycles. The molecule has 118 valence electrons. The number of ether oxygens (including phenoxy) is 1. The van der Waals surface area contributed by atoms with Gasteiger partial charge in [0.1, 0.15) is 0 Å². The van der Waals surface area contributed by atoms with Crippen LogP contribution in [0.15, 0.2) is 0 Å². The van der Waals surface area contributed by atoms with Gasteiger partial charge in [-0.25, -0.2) is 0 Å². The standard InChI is InChI=1S/C16H33N3O/c1-4-6-17-16-13-20-12-15(16)11-18-7-9-19(10-8-18)14(3)5-2/h14-17H,4-13H2,1-3H3. The second-order valence-electron chi connectivity index (χ2n) is 6.45. The van der Waals surface area contributed by atoms with Gasteiger partial charge in [-0.05, 0) is 26.3 Å². The van der Waals surface area contributed by atoms with Gasteiger partial charge in [0, 0.05) is 50.7 Å². The van der Waals surface area contributed by atoms with E-state index in [2.05, 4.69) is 35.9 Å². The molecule has 2 fully saturated rings. The van der Waals surface area contributed by atoms with Crippen molar-refractivity contribution in [1.82, 2.24) is 15.1 Å². The minimum absolute atomic E-state index is 0.572. The molecule has 0 saturated carbocycles. The molecular weight excluding hydrogens is 250 g/mol. The zero-order chi connectivity index (χ0) is 14.4. The highest BCUT2D eigenvalue weighted by atomic mass is 16.5. The van der Waals surface area contributed by atoms with E-state index in [1.807, 2.05) is 0 Å². The zero-order valence-electron chi connectivity index (χ0n) is 13.6. The fraction of sp³-hybridized carbons (Fsp3) is 1.00. The van der Waals surface area contributed by atoms with Crippen LogP contribution in [0.5, 0.6) is 0 Å². The lowest BCUT2D eigenvalue weighted by molar-refractivity contribution is 0.0849. The summed E-state index contributed by atoms with van der Waals surface area (Å²) in [4.78, 5) is 5.27. The topological polar surface area (TPSA) is 27.7 Å². The molecule has 0 aromatic rings. The maximum absolute atomic E-state index is 5.69. The molecule has 4 heteroatoms. The second kappa shape index (κ2) is 8.32. The van der Waals surface area contributed by atoms with Crippen LogP contribution >= 0.6 is 0 Å². The van der Waals surface area contributed by atoms with Gasteiger partial charge in [0.05, 0.1) is 13.2 Å². The van der Waals surface area contributed by atoms with E-state index in [0.717, 1.165) is 25.8 Å². The van der Waals surface area contributed by atoms with Gasteiger partial charge < -0.3 is 15.0 Å². The number of nitrogens with zero attached hydrogens (tertiary/aromatic N) is 2. The highest BCUT2D eigenvalue weighted by Gasteiger charge is 2.30. The minimum atomic E-state index is 0.572. The van der Waals surface area contributed by atoms with E-state index in [0.29, 0.717) is 12.0 Å². The molecule has 0 spiro atoms. The molecule has 0 bridgehead atoms. The van der Waals surface area contributed by atoms with Crippen molar-refractivity contribution in [2.24, 2.45) is 5.92 Å². The molecule has 4 nitrogen and oxygen atoms in total. The smallest absolute Gasteiger partial charge is 0.0623 e. The predicted octanol–water partition coefficient (Wildman–Crippen LogP) is 1.42. The largest absolute Gasteiger partial charge is 0.379 e. The molecule has 0 aliphatic carbocycles. The lowest BCUT2D eigenvalue weighted by Gasteiger charge is -2.39. The van der Waals surface area contributed by atoms with Gasteiger partial charge in [-0.3, -0.25) is 4.90 Å². The first-order valence-corrected chi connectivity index (χ1v) is 8.52. The molecule has 20 heavy (non-hydrogen) atoms. The molecule has 0 amide bonds. The molecule has 2 rings (SSSR count). The van der Waals surface area contributed by atoms with Crippen molar-refractivity contribution in [1.29, 1.82) is 0 Å². The van der Waals surface area contributed by atoms with Crippen LogP contribution in [0.2, 0.25) is 0 Å². The van der Waals surface area contributed by atoms with Crippen LogP contribution in [0.1, 0.15) is 33.6 Å². The average molecular weight is 283 g/mol. The Kier molecular flexibility index (Phi) is 6.75. The van der Waals surface area contributed by atoms with E-state index >= 15 is 0 Å². The summed E-state index contributed by atoms with van der Waals surface area (Å²) >= 11 is 0. The third kappa shape index (κ3) is 4.42. The van der Waals surface area contributed by atoms with Crippen molar-refractivity contribution in [3.8, 4) is 0 Å². The first-order chi connectivity index (χ1) is 9.74. The van der Waals surface area contributed by atoms with Crippen molar-refractivity contribution in [3.05, 3.63) is 0 Å². The van der Waals surface area contributed by atoms with Gasteiger partial charge in [0.25, 0.3) is 0 Å². The van der Waals surface area contributed by atoms with Crippen molar-refractivity contribution in [3.63, 3.8) is 0 Å². The summed E-state index contributed by atoms with van der Waals surface area (Å²) in [6, 6.07) is 1.31. The second-order valence-corrected chi connectivity index (χ2v) is 6.45. The van der Waals surface area contributed by atoms with Crippen LogP contribution in [-0.4, -0.2) is 74.4 Å². The Morgan fingerprint density at radius 3 is 2.55 bits per heavy atom. The van der Waals surface area contributed by atoms with Gasteiger partial charge >= 0.3 is 0 Å². The number of nitrogens with one attached hydrogen (secondary N) is 1. The van der Waals surface area contributed by atoms with Crippen molar-refractivity contribution >= 4 is 0 Å². The van der Waals surface area contributed by atoms with Crippen LogP contribution in [-0.2, 0) is 4.74 Å². The van der Waals surface area contributed by atoms with E-state index in [4.69, 9.17) is 4.74 Å². The predicted molar refractivity (Wildman–Crippen MR) is 84.2 cm³/mol. The lowest BCUT2D eigenvalue weighted by Crippen LogP contribution is -2.52. The Morgan fingerprint density at radius 1 is 1.15 bits per heavy atom. The van der Waals surface area contributed by atoms with E-state index in [1.54, 1.807) is 0 Å². The summed E-state index contributed by atoms with van der Waals surface area (Å²) in [7, 11) is 0. The normalized spacial score (nSPS) is 30.8. The van der Waals surface area contributed by atoms with Gasteiger partial charge in [-0.2, -0.15) is 0 Å². The monoisotopic (exact) mass is 283 g/mol. The SMILES string of the molecule is CCCNC1COCC1CN1CCN(C(C)CC)CC1. The summed E-state index contributed by atoms with van der Waals surface area (Å²) in [6.07, 6.45) is 2.47. The number of hydrogen-bond acceptors (Lipinski definition) is 4. The number of hydrogen-bond donors (Lipinski definition) is 1. The van der Waals surface area contributed by atoms with Crippen molar-refractivity contribution in [2.45, 2.75) is 45.7 Å². The Hall–Kier alpha value is -0.160. The zero-order valence-corrected chi connectivity index (χ0v) is 13.6. The minimum Gasteiger partial charge on any atom is -0.379 e. The number of rotatable bonds is 7. The highest BCUT2D eigenvalue weighted by molar-refractivity contribution is 4.85. The van der Waals surface area contributed by atoms with E-state index in [9.17, 15) is 0 Å². The molecule has 2 saturated heterocycles. The molecule has 2 heterocycles. The molecule has 3 atom stereocenters. The Balaban J connectivity index is 1.71. The molecule has 0 aromatic carbocycles. The molecular formula is C16H33N3O. The van der Waals surface area contributed by atoms with E-state index in [-0.39, 0.29) is 0 Å². The summed E-state index contributed by atoms with van der Waals surface area (Å²) in [5.41, 5.74) is 0. The van der Waals surface area contributed by atoms with Crippen LogP contribution in [0.25, 0.3) is 0 Å². The fourth-order valence-corrected chi connectivity index (χ4v) is 3.31. The molecule has 2 aliphatic rings. The van der Waals surface area contributed by atoms with Crippen LogP contribution in [0.4, 0.5) is 0 Å². The first kappa shape index (κ1) is 16.2. The van der Waals surface area contributed by atoms with Crippen LogP contribution in [0.3, 0.4) is 0 Å². The Labute approximate surface area is 124 Å². The van der Waals surface area contributed by atoms with Crippen LogP contribution in [0, 0.1) is 5.92 Å². The fourth-order valence-electron chi connectivity index (χ4n) is 3.31.